The van der Waals surface area contributed by atoms with E-state index < -0.39 is 0 Å². The van der Waals surface area contributed by atoms with E-state index in [4.69, 9.17) is 16.3 Å². The molecule has 0 saturated carbocycles. The molecule has 0 aliphatic carbocycles. The third kappa shape index (κ3) is 5.09. The Bertz CT molecular complexity index is 704. The monoisotopic (exact) mass is 332 g/mol. The first-order chi connectivity index (χ1) is 11.1. The number of carbonyl (C=O) groups is 2. The Morgan fingerprint density at radius 3 is 2.65 bits per heavy atom. The van der Waals surface area contributed by atoms with Crippen LogP contribution in [0.3, 0.4) is 0 Å². The summed E-state index contributed by atoms with van der Waals surface area (Å²) in [5.74, 6) is -0.670. The molecule has 0 atom stereocenters. The van der Waals surface area contributed by atoms with Crippen molar-refractivity contribution in [2.75, 3.05) is 19.0 Å². The summed E-state index contributed by atoms with van der Waals surface area (Å²) in [4.78, 5) is 23.9. The first-order valence-electron chi connectivity index (χ1n) is 7.00. The summed E-state index contributed by atoms with van der Waals surface area (Å²) < 4.78 is 5.08. The van der Waals surface area contributed by atoms with Crippen LogP contribution in [0.4, 0.5) is 5.69 Å². The minimum Gasteiger partial charge on any atom is -0.380 e. The van der Waals surface area contributed by atoms with Gasteiger partial charge < -0.3 is 15.4 Å². The number of para-hydroxylation sites is 1. The maximum absolute atomic E-state index is 12.0. The lowest BCUT2D eigenvalue weighted by molar-refractivity contribution is -0.115. The molecule has 2 aromatic carbocycles. The fraction of sp³-hybridized carbons (Fsp3) is 0.176. The van der Waals surface area contributed by atoms with Gasteiger partial charge in [0.2, 0.25) is 5.91 Å². The molecular formula is C17H17ClN2O3. The summed E-state index contributed by atoms with van der Waals surface area (Å²) in [7, 11) is 1.59. The summed E-state index contributed by atoms with van der Waals surface area (Å²) >= 11 is 5.83. The molecule has 23 heavy (non-hydrogen) atoms. The van der Waals surface area contributed by atoms with Gasteiger partial charge in [-0.3, -0.25) is 9.59 Å². The lowest BCUT2D eigenvalue weighted by Crippen LogP contribution is -2.33. The minimum absolute atomic E-state index is 0.132. The lowest BCUT2D eigenvalue weighted by Gasteiger charge is -2.11. The number of methoxy groups -OCH3 is 1. The highest BCUT2D eigenvalue weighted by Crippen LogP contribution is 2.15. The Kier molecular flexibility index (Phi) is 6.14. The van der Waals surface area contributed by atoms with Crippen LogP contribution in [0.25, 0.3) is 0 Å². The molecule has 0 aromatic heterocycles. The number of hydrogen-bond acceptors (Lipinski definition) is 3. The second-order valence-electron chi connectivity index (χ2n) is 4.83. The number of nitrogens with one attached hydrogen (secondary N) is 2. The highest BCUT2D eigenvalue weighted by Gasteiger charge is 2.10. The van der Waals surface area contributed by atoms with E-state index in [0.29, 0.717) is 22.9 Å². The highest BCUT2D eigenvalue weighted by molar-refractivity contribution is 6.31. The van der Waals surface area contributed by atoms with Crippen molar-refractivity contribution in [1.82, 2.24) is 5.32 Å². The average Bonchev–Trinajstić information content (AvgIpc) is 2.54. The standard InChI is InChI=1S/C17H17ClN2O3/c1-23-11-13-5-2-3-8-15(13)20-16(21)10-19-17(22)12-6-4-7-14(18)9-12/h2-9H,10-11H2,1H3,(H,19,22)(H,20,21). The van der Waals surface area contributed by atoms with E-state index in [1.54, 1.807) is 37.4 Å². The van der Waals surface area contributed by atoms with Crippen molar-refractivity contribution in [2.45, 2.75) is 6.61 Å². The van der Waals surface area contributed by atoms with Crippen LogP contribution in [0.15, 0.2) is 48.5 Å². The van der Waals surface area contributed by atoms with Crippen LogP contribution in [-0.4, -0.2) is 25.5 Å². The molecule has 120 valence electrons. The molecule has 2 rings (SSSR count). The largest absolute Gasteiger partial charge is 0.380 e. The smallest absolute Gasteiger partial charge is 0.251 e. The molecule has 2 aromatic rings. The lowest BCUT2D eigenvalue weighted by atomic mass is 10.2. The van der Waals surface area contributed by atoms with Crippen molar-refractivity contribution >= 4 is 29.1 Å². The van der Waals surface area contributed by atoms with E-state index in [-0.39, 0.29) is 18.4 Å². The van der Waals surface area contributed by atoms with Gasteiger partial charge >= 0.3 is 0 Å². The van der Waals surface area contributed by atoms with Crippen LogP contribution in [0.2, 0.25) is 5.02 Å². The zero-order valence-electron chi connectivity index (χ0n) is 12.6. The Hall–Kier alpha value is -2.37. The van der Waals surface area contributed by atoms with Gasteiger partial charge in [-0.05, 0) is 24.3 Å². The molecule has 0 radical (unpaired) electrons. The fourth-order valence-electron chi connectivity index (χ4n) is 2.01. The topological polar surface area (TPSA) is 67.4 Å². The Balaban J connectivity index is 1.92. The molecule has 2 amide bonds. The quantitative estimate of drug-likeness (QED) is 0.854. The molecule has 0 aliphatic heterocycles. The molecule has 0 aliphatic rings. The Morgan fingerprint density at radius 2 is 1.91 bits per heavy atom. The summed E-state index contributed by atoms with van der Waals surface area (Å²) in [5, 5.41) is 5.78. The maximum Gasteiger partial charge on any atom is 0.251 e. The van der Waals surface area contributed by atoms with Crippen molar-refractivity contribution in [1.29, 1.82) is 0 Å². The second kappa shape index (κ2) is 8.31. The number of ether oxygens (including phenoxy) is 1. The van der Waals surface area contributed by atoms with Crippen molar-refractivity contribution in [3.63, 3.8) is 0 Å². The number of anilines is 1. The van der Waals surface area contributed by atoms with E-state index in [9.17, 15) is 9.59 Å². The zero-order chi connectivity index (χ0) is 16.7. The van der Waals surface area contributed by atoms with Crippen LogP contribution < -0.4 is 10.6 Å². The molecule has 0 spiro atoms. The summed E-state index contributed by atoms with van der Waals surface area (Å²) in [5.41, 5.74) is 1.94. The number of rotatable bonds is 6. The van der Waals surface area contributed by atoms with E-state index in [1.807, 2.05) is 18.2 Å². The molecule has 0 heterocycles. The minimum atomic E-state index is -0.354. The molecule has 0 unspecified atom stereocenters. The first kappa shape index (κ1) is 17.0. The van der Waals surface area contributed by atoms with Crippen LogP contribution in [0.1, 0.15) is 15.9 Å². The molecular weight excluding hydrogens is 316 g/mol. The Morgan fingerprint density at radius 1 is 1.13 bits per heavy atom. The number of hydrogen-bond donors (Lipinski definition) is 2. The third-order valence-corrected chi connectivity index (χ3v) is 3.32. The second-order valence-corrected chi connectivity index (χ2v) is 5.27. The van der Waals surface area contributed by atoms with Crippen molar-refractivity contribution in [3.8, 4) is 0 Å². The zero-order valence-corrected chi connectivity index (χ0v) is 13.4. The van der Waals surface area contributed by atoms with Crippen LogP contribution >= 0.6 is 11.6 Å². The van der Waals surface area contributed by atoms with E-state index in [0.717, 1.165) is 5.56 Å². The van der Waals surface area contributed by atoms with E-state index >= 15 is 0 Å². The van der Waals surface area contributed by atoms with Crippen molar-refractivity contribution in [2.24, 2.45) is 0 Å². The van der Waals surface area contributed by atoms with Gasteiger partial charge in [0.1, 0.15) is 0 Å². The number of halogens is 1. The van der Waals surface area contributed by atoms with Crippen molar-refractivity contribution < 1.29 is 14.3 Å². The molecule has 6 heteroatoms. The SMILES string of the molecule is COCc1ccccc1NC(=O)CNC(=O)c1cccc(Cl)c1. The predicted octanol–water partition coefficient (Wildman–Crippen LogP) is 2.85. The van der Waals surface area contributed by atoms with Gasteiger partial charge in [-0.1, -0.05) is 35.9 Å². The van der Waals surface area contributed by atoms with E-state index in [2.05, 4.69) is 10.6 Å². The molecule has 0 bridgehead atoms. The number of amides is 2. The summed E-state index contributed by atoms with van der Waals surface area (Å²) in [6, 6.07) is 13.9. The normalized spacial score (nSPS) is 10.2. The van der Waals surface area contributed by atoms with Crippen LogP contribution in [0.5, 0.6) is 0 Å². The third-order valence-electron chi connectivity index (χ3n) is 3.09. The van der Waals surface area contributed by atoms with Gasteiger partial charge in [-0.25, -0.2) is 0 Å². The van der Waals surface area contributed by atoms with Crippen LogP contribution in [0, 0.1) is 0 Å². The highest BCUT2D eigenvalue weighted by atomic mass is 35.5. The van der Waals surface area contributed by atoms with Crippen LogP contribution in [-0.2, 0) is 16.1 Å². The molecule has 0 saturated heterocycles. The predicted molar refractivity (Wildman–Crippen MR) is 89.6 cm³/mol. The Labute approximate surface area is 139 Å². The van der Waals surface area contributed by atoms with Gasteiger partial charge in [0.15, 0.2) is 0 Å². The van der Waals surface area contributed by atoms with Gasteiger partial charge in [-0.2, -0.15) is 0 Å². The number of benzene rings is 2. The molecule has 2 N–H and O–H groups in total. The van der Waals surface area contributed by atoms with Gasteiger partial charge in [0, 0.05) is 28.9 Å². The summed E-state index contributed by atoms with van der Waals surface area (Å²) in [6.45, 7) is 0.262. The van der Waals surface area contributed by atoms with E-state index in [1.165, 1.54) is 0 Å². The molecule has 5 nitrogen and oxygen atoms in total. The van der Waals surface area contributed by atoms with Gasteiger partial charge in [0.05, 0.1) is 13.2 Å². The fourth-order valence-corrected chi connectivity index (χ4v) is 2.20. The number of carbonyl (C=O) groups excluding carboxylic acids is 2. The first-order valence-corrected chi connectivity index (χ1v) is 7.38. The summed E-state index contributed by atoms with van der Waals surface area (Å²) in [6.07, 6.45) is 0. The van der Waals surface area contributed by atoms with Crippen molar-refractivity contribution in [3.05, 3.63) is 64.7 Å². The average molecular weight is 333 g/mol. The van der Waals surface area contributed by atoms with Gasteiger partial charge in [-0.15, -0.1) is 0 Å². The maximum atomic E-state index is 12.0. The van der Waals surface area contributed by atoms with Gasteiger partial charge in [0.25, 0.3) is 5.91 Å². The molecule has 0 fully saturated rings.